The van der Waals surface area contributed by atoms with Crippen LogP contribution in [0.15, 0.2) is 24.3 Å². The Kier molecular flexibility index (Phi) is 5.24. The molecule has 0 N–H and O–H groups in total. The van der Waals surface area contributed by atoms with Gasteiger partial charge in [-0.25, -0.2) is 0 Å². The van der Waals surface area contributed by atoms with E-state index in [2.05, 4.69) is 103 Å². The predicted molar refractivity (Wildman–Crippen MR) is 134 cm³/mol. The molecular formula is C19H42Si6. The van der Waals surface area contributed by atoms with E-state index in [1.807, 2.05) is 0 Å². The fourth-order valence-electron chi connectivity index (χ4n) is 6.14. The highest BCUT2D eigenvalue weighted by Gasteiger charge is 2.76. The van der Waals surface area contributed by atoms with Crippen molar-refractivity contribution in [2.75, 3.05) is 0 Å². The Morgan fingerprint density at radius 2 is 0.920 bits per heavy atom. The van der Waals surface area contributed by atoms with Gasteiger partial charge in [0.25, 0.3) is 0 Å². The van der Waals surface area contributed by atoms with Gasteiger partial charge in [-0.3, -0.25) is 0 Å². The monoisotopic (exact) mass is 438 g/mol. The van der Waals surface area contributed by atoms with E-state index in [4.69, 9.17) is 0 Å². The summed E-state index contributed by atoms with van der Waals surface area (Å²) in [6.45, 7) is 34.0. The standard InChI is InChI=1S/C19H42Si6/c1-18-15-13-14-16-19(18)17-25(12)23(8,9)21(4,5)20(2,3)22(6,7)24(25,10)11/h13-16H,17H2,1-12H3. The molecule has 0 amide bonds. The maximum absolute atomic E-state index is 2.92. The SMILES string of the molecule is Cc1ccccc1C[Si]1(C)[Si](C)(C)[Si](C)(C)[Si](C)(C)[Si](C)(C)[Si]1(C)C. The van der Waals surface area contributed by atoms with Crippen molar-refractivity contribution in [1.29, 1.82) is 0 Å². The minimum absolute atomic E-state index is 1.10. The van der Waals surface area contributed by atoms with Crippen molar-refractivity contribution in [2.45, 2.75) is 85.0 Å². The van der Waals surface area contributed by atoms with Crippen LogP contribution < -0.4 is 0 Å². The third-order valence-corrected chi connectivity index (χ3v) is 165. The number of benzene rings is 1. The van der Waals surface area contributed by atoms with E-state index in [0.29, 0.717) is 0 Å². The summed E-state index contributed by atoms with van der Waals surface area (Å²) in [4.78, 5) is 0. The minimum Gasteiger partial charge on any atom is -0.0735 e. The fraction of sp³-hybridized carbons (Fsp3) is 0.684. The Bertz CT molecular complexity index is 642. The molecule has 142 valence electrons. The molecule has 1 aromatic carbocycles. The summed E-state index contributed by atoms with van der Waals surface area (Å²) in [5.74, 6) is 0. The largest absolute Gasteiger partial charge is 0.0735 e. The van der Waals surface area contributed by atoms with Crippen LogP contribution in [0.5, 0.6) is 0 Å². The van der Waals surface area contributed by atoms with Crippen molar-refractivity contribution in [3.63, 3.8) is 0 Å². The van der Waals surface area contributed by atoms with E-state index in [1.54, 1.807) is 11.1 Å². The Morgan fingerprint density at radius 1 is 0.560 bits per heavy atom. The van der Waals surface area contributed by atoms with Gasteiger partial charge in [0.05, 0.1) is 0 Å². The van der Waals surface area contributed by atoms with E-state index < -0.39 is 42.7 Å². The molecular weight excluding hydrogens is 397 g/mol. The van der Waals surface area contributed by atoms with Crippen molar-refractivity contribution in [2.24, 2.45) is 0 Å². The van der Waals surface area contributed by atoms with Crippen molar-refractivity contribution in [3.05, 3.63) is 35.4 Å². The van der Waals surface area contributed by atoms with Crippen LogP contribution in [0.25, 0.3) is 0 Å². The molecule has 25 heavy (non-hydrogen) atoms. The second kappa shape index (κ2) is 6.01. The van der Waals surface area contributed by atoms with Gasteiger partial charge >= 0.3 is 0 Å². The van der Waals surface area contributed by atoms with E-state index in [1.165, 1.54) is 6.04 Å². The molecule has 0 aromatic heterocycles. The first-order valence-electron chi connectivity index (χ1n) is 10.0. The molecule has 1 saturated heterocycles. The summed E-state index contributed by atoms with van der Waals surface area (Å²) in [6.07, 6.45) is 0. The zero-order valence-corrected chi connectivity index (χ0v) is 25.0. The first kappa shape index (κ1) is 21.8. The highest BCUT2D eigenvalue weighted by molar-refractivity contribution is 8.13. The van der Waals surface area contributed by atoms with Crippen LogP contribution in [0.2, 0.25) is 72.0 Å². The summed E-state index contributed by atoms with van der Waals surface area (Å²) in [5.41, 5.74) is 3.25. The fourth-order valence-corrected chi connectivity index (χ4v) is 250. The van der Waals surface area contributed by atoms with Gasteiger partial charge in [0.1, 0.15) is 0 Å². The van der Waals surface area contributed by atoms with Crippen LogP contribution >= 0.6 is 0 Å². The second-order valence-electron chi connectivity index (χ2n) is 11.6. The van der Waals surface area contributed by atoms with Gasteiger partial charge in [-0.05, 0) is 24.1 Å². The highest BCUT2D eigenvalue weighted by Crippen LogP contribution is 2.52. The quantitative estimate of drug-likeness (QED) is 0.483. The van der Waals surface area contributed by atoms with Gasteiger partial charge in [0.2, 0.25) is 0 Å². The van der Waals surface area contributed by atoms with E-state index >= 15 is 0 Å². The molecule has 0 radical (unpaired) electrons. The molecule has 1 aliphatic heterocycles. The number of hydrogen-bond acceptors (Lipinski definition) is 0. The van der Waals surface area contributed by atoms with Crippen LogP contribution in [0.1, 0.15) is 11.1 Å². The van der Waals surface area contributed by atoms with Crippen molar-refractivity contribution in [3.8, 4) is 0 Å². The molecule has 0 unspecified atom stereocenters. The predicted octanol–water partition coefficient (Wildman–Crippen LogP) is 6.18. The zero-order chi connectivity index (χ0) is 19.7. The Labute approximate surface area is 162 Å². The topological polar surface area (TPSA) is 0 Å². The summed E-state index contributed by atoms with van der Waals surface area (Å²) >= 11 is 0. The minimum atomic E-state index is -1.29. The number of rotatable bonds is 2. The lowest BCUT2D eigenvalue weighted by Crippen LogP contribution is -3.01. The van der Waals surface area contributed by atoms with E-state index in [-0.39, 0.29) is 0 Å². The molecule has 6 heteroatoms. The van der Waals surface area contributed by atoms with E-state index in [9.17, 15) is 0 Å². The average Bonchev–Trinajstić information content (AvgIpc) is 2.47. The zero-order valence-electron chi connectivity index (χ0n) is 19.0. The second-order valence-corrected chi connectivity index (χ2v) is 83.9. The first-order valence-corrected chi connectivity index (χ1v) is 33.7. The van der Waals surface area contributed by atoms with Gasteiger partial charge in [0.15, 0.2) is 0 Å². The van der Waals surface area contributed by atoms with Crippen molar-refractivity contribution < 1.29 is 0 Å². The number of hydrogen-bond donors (Lipinski definition) is 0. The average molecular weight is 439 g/mol. The van der Waals surface area contributed by atoms with Crippen molar-refractivity contribution in [1.82, 2.24) is 0 Å². The van der Waals surface area contributed by atoms with Crippen molar-refractivity contribution >= 4 is 42.7 Å². The van der Waals surface area contributed by atoms with Crippen LogP contribution in [0, 0.1) is 6.92 Å². The summed E-state index contributed by atoms with van der Waals surface area (Å²) in [7, 11) is -7.07. The highest BCUT2D eigenvalue weighted by atomic mass is 30.2. The molecule has 1 heterocycles. The normalized spacial score (nSPS) is 27.7. The van der Waals surface area contributed by atoms with Crippen LogP contribution in [0.3, 0.4) is 0 Å². The summed E-state index contributed by atoms with van der Waals surface area (Å²) < 4.78 is 0. The first-order chi connectivity index (χ1) is 11.0. The molecule has 0 aliphatic carbocycles. The Morgan fingerprint density at radius 3 is 1.32 bits per heavy atom. The number of aryl methyl sites for hydroxylation is 1. The molecule has 1 aliphatic rings. The molecule has 0 saturated carbocycles. The van der Waals surface area contributed by atoms with Gasteiger partial charge < -0.3 is 0 Å². The van der Waals surface area contributed by atoms with Crippen LogP contribution in [-0.2, 0) is 6.04 Å². The molecule has 0 bridgehead atoms. The molecule has 0 spiro atoms. The third-order valence-electron chi connectivity index (χ3n) is 10.8. The maximum atomic E-state index is 2.92. The summed E-state index contributed by atoms with van der Waals surface area (Å²) in [5, 5.41) is 0. The van der Waals surface area contributed by atoms with Crippen LogP contribution in [-0.4, -0.2) is 42.7 Å². The van der Waals surface area contributed by atoms with Gasteiger partial charge in [-0.2, -0.15) is 0 Å². The Balaban J connectivity index is 2.76. The van der Waals surface area contributed by atoms with E-state index in [0.717, 1.165) is 0 Å². The maximum Gasteiger partial charge on any atom is 0.0382 e. The van der Waals surface area contributed by atoms with Crippen LogP contribution in [0.4, 0.5) is 0 Å². The van der Waals surface area contributed by atoms with Gasteiger partial charge in [-0.1, -0.05) is 96.3 Å². The van der Waals surface area contributed by atoms with Gasteiger partial charge in [0, 0.05) is 42.7 Å². The Hall–Kier alpha value is 0.521. The lowest BCUT2D eigenvalue weighted by atomic mass is 10.1. The molecule has 1 aromatic rings. The van der Waals surface area contributed by atoms with Gasteiger partial charge in [-0.15, -0.1) is 0 Å². The third kappa shape index (κ3) is 2.50. The molecule has 1 fully saturated rings. The summed E-state index contributed by atoms with van der Waals surface area (Å²) in [6, 6.07) is 10.8. The molecule has 2 rings (SSSR count). The lowest BCUT2D eigenvalue weighted by Gasteiger charge is -2.73. The molecule has 0 nitrogen and oxygen atoms in total. The smallest absolute Gasteiger partial charge is 0.0382 e. The molecule has 0 atom stereocenters. The lowest BCUT2D eigenvalue weighted by molar-refractivity contribution is 1.27.